The number of hydrogen-bond acceptors (Lipinski definition) is 6. The van der Waals surface area contributed by atoms with E-state index in [0.29, 0.717) is 5.69 Å². The summed E-state index contributed by atoms with van der Waals surface area (Å²) in [4.78, 5) is 24.0. The topological polar surface area (TPSA) is 92.8 Å². The van der Waals surface area contributed by atoms with Gasteiger partial charge >= 0.3 is 5.97 Å². The van der Waals surface area contributed by atoms with Crippen LogP contribution in [0.3, 0.4) is 0 Å². The summed E-state index contributed by atoms with van der Waals surface area (Å²) in [7, 11) is -1.56. The molecule has 2 aromatic carbocycles. The quantitative estimate of drug-likeness (QED) is 0.622. The van der Waals surface area contributed by atoms with Crippen molar-refractivity contribution >= 4 is 49.7 Å². The highest BCUT2D eigenvalue weighted by Crippen LogP contribution is 2.26. The number of benzene rings is 2. The van der Waals surface area contributed by atoms with Gasteiger partial charge in [0.05, 0.1) is 13.7 Å². The fraction of sp³-hybridized carbons (Fsp3) is 0.158. The summed E-state index contributed by atoms with van der Waals surface area (Å²) in [5, 5.41) is 6.05. The number of anilines is 1. The first-order valence-electron chi connectivity index (χ1n) is 8.24. The molecule has 9 heteroatoms. The molecule has 0 spiro atoms. The molecule has 1 amide bonds. The normalized spacial score (nSPS) is 11.5. The van der Waals surface area contributed by atoms with Crippen molar-refractivity contribution in [2.45, 2.75) is 4.90 Å². The Bertz CT molecular complexity index is 1130. The minimum Gasteiger partial charge on any atom is -0.465 e. The highest BCUT2D eigenvalue weighted by Gasteiger charge is 2.29. The number of thiophene rings is 1. The average Bonchev–Trinajstić information content (AvgIpc) is 3.18. The fourth-order valence-corrected chi connectivity index (χ4v) is 5.15. The molecule has 0 aliphatic rings. The lowest BCUT2D eigenvalue weighted by atomic mass is 10.1. The van der Waals surface area contributed by atoms with Gasteiger partial charge in [-0.2, -0.15) is 4.31 Å². The number of rotatable bonds is 6. The van der Waals surface area contributed by atoms with Crippen molar-refractivity contribution in [3.8, 4) is 0 Å². The SMILES string of the molecule is COC(=O)c1sccc1S(=O)(=O)N(C)CC(=O)Nc1cccc2ccccc12. The molecule has 0 saturated heterocycles. The first-order valence-corrected chi connectivity index (χ1v) is 10.6. The van der Waals surface area contributed by atoms with E-state index < -0.39 is 28.4 Å². The van der Waals surface area contributed by atoms with Crippen molar-refractivity contribution in [2.24, 2.45) is 0 Å². The van der Waals surface area contributed by atoms with Gasteiger partial charge in [-0.15, -0.1) is 11.3 Å². The van der Waals surface area contributed by atoms with Crippen molar-refractivity contribution in [1.82, 2.24) is 4.31 Å². The standard InChI is InChI=1S/C19H18N2O5S2/c1-21(28(24,25)16-10-11-27-18(16)19(23)26-2)12-17(22)20-15-9-5-7-13-6-3-4-8-14(13)15/h3-11H,12H2,1-2H3,(H,20,22). The molecule has 3 rings (SSSR count). The number of ether oxygens (including phenoxy) is 1. The zero-order valence-electron chi connectivity index (χ0n) is 15.2. The van der Waals surface area contributed by atoms with Gasteiger partial charge in [-0.05, 0) is 22.9 Å². The molecule has 0 bridgehead atoms. The number of hydrogen-bond donors (Lipinski definition) is 1. The molecule has 1 N–H and O–H groups in total. The van der Waals surface area contributed by atoms with Crippen LogP contribution in [0.1, 0.15) is 9.67 Å². The number of carbonyl (C=O) groups excluding carboxylic acids is 2. The summed E-state index contributed by atoms with van der Waals surface area (Å²) in [6.45, 7) is -0.401. The van der Waals surface area contributed by atoms with Crippen LogP contribution < -0.4 is 5.32 Å². The molecule has 3 aromatic rings. The van der Waals surface area contributed by atoms with Crippen molar-refractivity contribution in [1.29, 1.82) is 0 Å². The summed E-state index contributed by atoms with van der Waals surface area (Å²) in [5.74, 6) is -1.22. The predicted molar refractivity (Wildman–Crippen MR) is 108 cm³/mol. The molecule has 146 valence electrons. The minimum absolute atomic E-state index is 0.0242. The second-order valence-electron chi connectivity index (χ2n) is 5.94. The van der Waals surface area contributed by atoms with E-state index in [2.05, 4.69) is 10.1 Å². The molecule has 0 radical (unpaired) electrons. The van der Waals surface area contributed by atoms with Gasteiger partial charge in [-0.1, -0.05) is 36.4 Å². The summed E-state index contributed by atoms with van der Waals surface area (Å²) in [5.41, 5.74) is 0.597. The Kier molecular flexibility index (Phi) is 5.78. The minimum atomic E-state index is -4.03. The molecule has 7 nitrogen and oxygen atoms in total. The molecule has 28 heavy (non-hydrogen) atoms. The second-order valence-corrected chi connectivity index (χ2v) is 8.87. The van der Waals surface area contributed by atoms with E-state index in [-0.39, 0.29) is 9.77 Å². The van der Waals surface area contributed by atoms with Gasteiger partial charge in [0, 0.05) is 18.1 Å². The molecule has 0 saturated carbocycles. The van der Waals surface area contributed by atoms with E-state index >= 15 is 0 Å². The van der Waals surface area contributed by atoms with Crippen LogP contribution >= 0.6 is 11.3 Å². The summed E-state index contributed by atoms with van der Waals surface area (Å²) < 4.78 is 31.1. The van der Waals surface area contributed by atoms with Crippen LogP contribution in [-0.2, 0) is 19.6 Å². The molecule has 0 unspecified atom stereocenters. The lowest BCUT2D eigenvalue weighted by Crippen LogP contribution is -2.35. The fourth-order valence-electron chi connectivity index (χ4n) is 2.72. The number of sulfonamides is 1. The Hall–Kier alpha value is -2.75. The lowest BCUT2D eigenvalue weighted by Gasteiger charge is -2.17. The Labute approximate surface area is 166 Å². The number of carbonyl (C=O) groups is 2. The number of esters is 1. The third kappa shape index (κ3) is 3.91. The Morgan fingerprint density at radius 2 is 1.82 bits per heavy atom. The van der Waals surface area contributed by atoms with Crippen LogP contribution in [0.15, 0.2) is 58.8 Å². The molecule has 0 aliphatic carbocycles. The van der Waals surface area contributed by atoms with Crippen molar-refractivity contribution in [2.75, 3.05) is 26.0 Å². The van der Waals surface area contributed by atoms with Crippen LogP contribution in [0.25, 0.3) is 10.8 Å². The van der Waals surface area contributed by atoms with Gasteiger partial charge in [0.1, 0.15) is 9.77 Å². The first kappa shape index (κ1) is 20.0. The smallest absolute Gasteiger partial charge is 0.349 e. The van der Waals surface area contributed by atoms with E-state index in [1.54, 1.807) is 6.07 Å². The summed E-state index contributed by atoms with van der Waals surface area (Å²) in [6.07, 6.45) is 0. The van der Waals surface area contributed by atoms with Gasteiger partial charge in [-0.3, -0.25) is 4.79 Å². The highest BCUT2D eigenvalue weighted by atomic mass is 32.2. The first-order chi connectivity index (χ1) is 13.3. The largest absolute Gasteiger partial charge is 0.465 e. The third-order valence-electron chi connectivity index (χ3n) is 4.12. The van der Waals surface area contributed by atoms with Crippen LogP contribution in [-0.4, -0.2) is 45.3 Å². The monoisotopic (exact) mass is 418 g/mol. The van der Waals surface area contributed by atoms with Crippen LogP contribution in [0.4, 0.5) is 5.69 Å². The molecular formula is C19H18N2O5S2. The Balaban J connectivity index is 1.78. The van der Waals surface area contributed by atoms with Gasteiger partial charge in [0.15, 0.2) is 0 Å². The zero-order chi connectivity index (χ0) is 20.3. The van der Waals surface area contributed by atoms with Crippen LogP contribution in [0.5, 0.6) is 0 Å². The number of nitrogens with zero attached hydrogens (tertiary/aromatic N) is 1. The maximum atomic E-state index is 12.8. The molecule has 0 aliphatic heterocycles. The van der Waals surface area contributed by atoms with Gasteiger partial charge < -0.3 is 10.1 Å². The Morgan fingerprint density at radius 1 is 1.11 bits per heavy atom. The van der Waals surface area contributed by atoms with E-state index in [1.165, 1.54) is 25.6 Å². The van der Waals surface area contributed by atoms with Crippen molar-refractivity contribution < 1.29 is 22.7 Å². The third-order valence-corrected chi connectivity index (χ3v) is 6.99. The Morgan fingerprint density at radius 3 is 2.57 bits per heavy atom. The predicted octanol–water partition coefficient (Wildman–Crippen LogP) is 2.95. The molecule has 0 fully saturated rings. The van der Waals surface area contributed by atoms with Gasteiger partial charge in [0.2, 0.25) is 15.9 Å². The maximum Gasteiger partial charge on any atom is 0.349 e. The molecule has 0 atom stereocenters. The molecule has 1 aromatic heterocycles. The highest BCUT2D eigenvalue weighted by molar-refractivity contribution is 7.89. The number of fused-ring (bicyclic) bond motifs is 1. The molecular weight excluding hydrogens is 400 g/mol. The number of nitrogens with one attached hydrogen (secondary N) is 1. The number of methoxy groups -OCH3 is 1. The van der Waals surface area contributed by atoms with Crippen molar-refractivity contribution in [3.63, 3.8) is 0 Å². The number of likely N-dealkylation sites (N-methyl/N-ethyl adjacent to an activating group) is 1. The van der Waals surface area contributed by atoms with E-state index in [0.717, 1.165) is 26.4 Å². The van der Waals surface area contributed by atoms with Crippen molar-refractivity contribution in [3.05, 3.63) is 58.8 Å². The number of amides is 1. The molecule has 1 heterocycles. The summed E-state index contributed by atoms with van der Waals surface area (Å²) >= 11 is 0.969. The van der Waals surface area contributed by atoms with Gasteiger partial charge in [0.25, 0.3) is 0 Å². The van der Waals surface area contributed by atoms with Crippen LogP contribution in [0, 0.1) is 0 Å². The van der Waals surface area contributed by atoms with E-state index in [1.807, 2.05) is 36.4 Å². The van der Waals surface area contributed by atoms with E-state index in [9.17, 15) is 18.0 Å². The van der Waals surface area contributed by atoms with Gasteiger partial charge in [-0.25, -0.2) is 13.2 Å². The zero-order valence-corrected chi connectivity index (χ0v) is 16.8. The average molecular weight is 418 g/mol. The second kappa shape index (κ2) is 8.09. The van der Waals surface area contributed by atoms with E-state index in [4.69, 9.17) is 0 Å². The van der Waals surface area contributed by atoms with Crippen LogP contribution in [0.2, 0.25) is 0 Å². The lowest BCUT2D eigenvalue weighted by molar-refractivity contribution is -0.116. The maximum absolute atomic E-state index is 12.8. The summed E-state index contributed by atoms with van der Waals surface area (Å²) in [6, 6.07) is 14.4.